The molecule has 2 unspecified atom stereocenters. The molecule has 0 fully saturated rings. The molecular weight excluding hydrogens is 579 g/mol. The second-order valence-corrected chi connectivity index (χ2v) is 14.5. The van der Waals surface area contributed by atoms with Gasteiger partial charge in [0.1, 0.15) is 12.3 Å². The van der Waals surface area contributed by atoms with Crippen LogP contribution < -0.4 is 13.5 Å². The third-order valence-corrected chi connectivity index (χ3v) is 11.7. The fraction of sp³-hybridized carbons (Fsp3) is 0.118. The van der Waals surface area contributed by atoms with E-state index in [1.807, 2.05) is 73.3 Å². The number of para-hydroxylation sites is 3. The molecule has 0 aliphatic carbocycles. The first kappa shape index (κ1) is 27.2. The van der Waals surface area contributed by atoms with Gasteiger partial charge < -0.3 is 4.90 Å². The molecule has 43 heavy (non-hydrogen) atoms. The van der Waals surface area contributed by atoms with Crippen LogP contribution >= 0.6 is 0 Å². The number of hydrogen-bond donors (Lipinski definition) is 0. The summed E-state index contributed by atoms with van der Waals surface area (Å²) in [6.45, 7) is 3.82. The Kier molecular flexibility index (Phi) is 6.34. The molecule has 5 aromatic rings. The lowest BCUT2D eigenvalue weighted by molar-refractivity contribution is 0.483. The SMILES string of the molecule is Cc1ccc(S(=O)(=O)N2c3ccccc3C3N(c4ccccc4)C2c2ccccc2N3S(=O)(=O)c2ccc(C)cc2)cc1. The molecule has 0 saturated carbocycles. The highest BCUT2D eigenvalue weighted by Gasteiger charge is 2.54. The quantitative estimate of drug-likeness (QED) is 0.217. The van der Waals surface area contributed by atoms with Gasteiger partial charge in [0.2, 0.25) is 0 Å². The maximum atomic E-state index is 14.6. The summed E-state index contributed by atoms with van der Waals surface area (Å²) in [5.41, 5.74) is 4.57. The van der Waals surface area contributed by atoms with Crippen molar-refractivity contribution >= 4 is 37.1 Å². The Morgan fingerprint density at radius 2 is 0.837 bits per heavy atom. The van der Waals surface area contributed by atoms with Gasteiger partial charge >= 0.3 is 0 Å². The molecule has 0 spiro atoms. The van der Waals surface area contributed by atoms with Crippen molar-refractivity contribution in [1.82, 2.24) is 0 Å². The van der Waals surface area contributed by atoms with Gasteiger partial charge in [-0.1, -0.05) is 90.0 Å². The molecule has 7 nitrogen and oxygen atoms in total. The minimum absolute atomic E-state index is 0.159. The predicted octanol–water partition coefficient (Wildman–Crippen LogP) is 6.93. The molecule has 7 rings (SSSR count). The van der Waals surface area contributed by atoms with E-state index in [2.05, 4.69) is 0 Å². The van der Waals surface area contributed by atoms with Crippen molar-refractivity contribution in [3.63, 3.8) is 0 Å². The normalized spacial score (nSPS) is 17.8. The molecule has 0 saturated heterocycles. The number of anilines is 3. The van der Waals surface area contributed by atoms with Gasteiger partial charge in [-0.2, -0.15) is 0 Å². The van der Waals surface area contributed by atoms with Crippen molar-refractivity contribution < 1.29 is 16.8 Å². The molecule has 2 heterocycles. The first-order valence-electron chi connectivity index (χ1n) is 13.9. The third-order valence-electron chi connectivity index (χ3n) is 8.09. The average Bonchev–Trinajstić information content (AvgIpc) is 3.01. The number of fused-ring (bicyclic) bond motifs is 6. The summed E-state index contributed by atoms with van der Waals surface area (Å²) in [6.07, 6.45) is -1.73. The van der Waals surface area contributed by atoms with Crippen LogP contribution in [0.25, 0.3) is 0 Å². The van der Waals surface area contributed by atoms with E-state index in [1.165, 1.54) is 8.61 Å². The molecule has 0 aromatic heterocycles. The summed E-state index contributed by atoms with van der Waals surface area (Å²) >= 11 is 0. The van der Waals surface area contributed by atoms with Crippen LogP contribution in [0.4, 0.5) is 17.1 Å². The molecule has 2 atom stereocenters. The van der Waals surface area contributed by atoms with Gasteiger partial charge in [-0.05, 0) is 62.4 Å². The van der Waals surface area contributed by atoms with E-state index in [0.29, 0.717) is 28.2 Å². The van der Waals surface area contributed by atoms with Gasteiger partial charge in [0, 0.05) is 16.8 Å². The van der Waals surface area contributed by atoms with Gasteiger partial charge in [-0.3, -0.25) is 0 Å². The minimum atomic E-state index is -4.11. The van der Waals surface area contributed by atoms with Crippen molar-refractivity contribution in [2.45, 2.75) is 36.0 Å². The summed E-state index contributed by atoms with van der Waals surface area (Å²) in [6, 6.07) is 37.4. The molecule has 0 radical (unpaired) electrons. The smallest absolute Gasteiger partial charge is 0.266 e. The predicted molar refractivity (Wildman–Crippen MR) is 169 cm³/mol. The Hall–Kier alpha value is -4.60. The zero-order valence-electron chi connectivity index (χ0n) is 23.6. The van der Waals surface area contributed by atoms with E-state index >= 15 is 0 Å². The van der Waals surface area contributed by atoms with Gasteiger partial charge in [0.05, 0.1) is 21.2 Å². The minimum Gasteiger partial charge on any atom is -0.320 e. The fourth-order valence-electron chi connectivity index (χ4n) is 6.04. The van der Waals surface area contributed by atoms with Gasteiger partial charge in [-0.15, -0.1) is 0 Å². The Bertz CT molecular complexity index is 1920. The Labute approximate surface area is 252 Å². The van der Waals surface area contributed by atoms with Crippen LogP contribution in [0.2, 0.25) is 0 Å². The standard InChI is InChI=1S/C34H29N3O4S2/c1-24-16-20-27(21-17-24)42(38,39)36-31-14-8-6-12-29(31)34-35(26-10-4-3-5-11-26)33(36)30-13-7-9-15-32(30)37(34)43(40,41)28-22-18-25(2)19-23-28/h3-23,33-34H,1-2H3. The Morgan fingerprint density at radius 3 is 1.26 bits per heavy atom. The number of rotatable bonds is 5. The molecule has 2 aliphatic rings. The molecule has 5 aromatic carbocycles. The first-order valence-corrected chi connectivity index (χ1v) is 16.8. The lowest BCUT2D eigenvalue weighted by Crippen LogP contribution is -2.59. The van der Waals surface area contributed by atoms with E-state index in [9.17, 15) is 16.8 Å². The van der Waals surface area contributed by atoms with Crippen molar-refractivity contribution in [2.75, 3.05) is 13.5 Å². The number of nitrogens with zero attached hydrogens (tertiary/aromatic N) is 3. The molecule has 216 valence electrons. The molecule has 0 amide bonds. The van der Waals surface area contributed by atoms with Crippen LogP contribution in [0.3, 0.4) is 0 Å². The highest BCUT2D eigenvalue weighted by Crippen LogP contribution is 2.57. The topological polar surface area (TPSA) is 78.0 Å². The second kappa shape index (κ2) is 10.00. The zero-order chi connectivity index (χ0) is 29.9. The number of aryl methyl sites for hydroxylation is 2. The van der Waals surface area contributed by atoms with Crippen molar-refractivity contribution in [2.24, 2.45) is 0 Å². The van der Waals surface area contributed by atoms with E-state index in [0.717, 1.165) is 11.1 Å². The molecule has 2 bridgehead atoms. The lowest BCUT2D eigenvalue weighted by atomic mass is 9.95. The highest BCUT2D eigenvalue weighted by molar-refractivity contribution is 7.93. The van der Waals surface area contributed by atoms with E-state index in [1.54, 1.807) is 72.8 Å². The third kappa shape index (κ3) is 4.22. The Balaban J connectivity index is 1.56. The molecule has 2 aliphatic heterocycles. The molecule has 9 heteroatoms. The van der Waals surface area contributed by atoms with Crippen LogP contribution in [0.15, 0.2) is 137 Å². The molecular formula is C34H29N3O4S2. The maximum absolute atomic E-state index is 14.6. The number of hydrogen-bond acceptors (Lipinski definition) is 5. The fourth-order valence-corrected chi connectivity index (χ4v) is 9.26. The van der Waals surface area contributed by atoms with Crippen LogP contribution in [0.5, 0.6) is 0 Å². The second-order valence-electron chi connectivity index (χ2n) is 10.8. The largest absolute Gasteiger partial charge is 0.320 e. The van der Waals surface area contributed by atoms with E-state index in [4.69, 9.17) is 0 Å². The van der Waals surface area contributed by atoms with E-state index in [-0.39, 0.29) is 9.79 Å². The van der Waals surface area contributed by atoms with Gasteiger partial charge in [0.15, 0.2) is 0 Å². The number of benzene rings is 5. The van der Waals surface area contributed by atoms with Crippen LogP contribution in [0, 0.1) is 13.8 Å². The maximum Gasteiger partial charge on any atom is 0.266 e. The monoisotopic (exact) mass is 607 g/mol. The first-order chi connectivity index (χ1) is 20.7. The zero-order valence-corrected chi connectivity index (χ0v) is 25.2. The summed E-state index contributed by atoms with van der Waals surface area (Å²) in [5.74, 6) is 0. The van der Waals surface area contributed by atoms with Crippen molar-refractivity contribution in [3.8, 4) is 0 Å². The Morgan fingerprint density at radius 1 is 0.465 bits per heavy atom. The highest BCUT2D eigenvalue weighted by atomic mass is 32.2. The number of sulfonamides is 2. The van der Waals surface area contributed by atoms with Crippen LogP contribution in [-0.4, -0.2) is 16.8 Å². The van der Waals surface area contributed by atoms with Gasteiger partial charge in [0.25, 0.3) is 20.0 Å². The van der Waals surface area contributed by atoms with Crippen LogP contribution in [0.1, 0.15) is 34.6 Å². The summed E-state index contributed by atoms with van der Waals surface area (Å²) in [7, 11) is -8.23. The van der Waals surface area contributed by atoms with Crippen molar-refractivity contribution in [3.05, 3.63) is 150 Å². The van der Waals surface area contributed by atoms with E-state index < -0.39 is 32.4 Å². The average molecular weight is 608 g/mol. The summed E-state index contributed by atoms with van der Waals surface area (Å²) in [5, 5.41) is 0. The molecule has 0 N–H and O–H groups in total. The summed E-state index contributed by atoms with van der Waals surface area (Å²) < 4.78 is 61.5. The van der Waals surface area contributed by atoms with Gasteiger partial charge in [-0.25, -0.2) is 25.4 Å². The van der Waals surface area contributed by atoms with Crippen LogP contribution in [-0.2, 0) is 20.0 Å². The van der Waals surface area contributed by atoms with Crippen molar-refractivity contribution in [1.29, 1.82) is 0 Å². The summed E-state index contributed by atoms with van der Waals surface area (Å²) in [4.78, 5) is 2.22. The lowest BCUT2D eigenvalue weighted by Gasteiger charge is -2.56.